The molecule has 0 spiro atoms. The summed E-state index contributed by atoms with van der Waals surface area (Å²) >= 11 is 0. The van der Waals surface area contributed by atoms with Crippen molar-refractivity contribution in [2.24, 2.45) is 0 Å². The van der Waals surface area contributed by atoms with Gasteiger partial charge in [0, 0.05) is 12.2 Å². The first-order chi connectivity index (χ1) is 7.54. The number of hydrogen-bond acceptors (Lipinski definition) is 3. The minimum absolute atomic E-state index is 0.00886. The van der Waals surface area contributed by atoms with Crippen molar-refractivity contribution < 1.29 is 9.90 Å². The normalized spacial score (nSPS) is 12.2. The first kappa shape index (κ1) is 12.5. The van der Waals surface area contributed by atoms with Crippen LogP contribution in [0.5, 0.6) is 0 Å². The summed E-state index contributed by atoms with van der Waals surface area (Å²) in [5.41, 5.74) is 1.07. The predicted molar refractivity (Wildman–Crippen MR) is 63.7 cm³/mol. The summed E-state index contributed by atoms with van der Waals surface area (Å²) < 4.78 is 0. The zero-order valence-electron chi connectivity index (χ0n) is 9.97. The van der Waals surface area contributed by atoms with Crippen LogP contribution >= 0.6 is 0 Å². The molecule has 0 amide bonds. The third-order valence-electron chi connectivity index (χ3n) is 2.62. The zero-order chi connectivity index (χ0) is 12.1. The highest BCUT2D eigenvalue weighted by Crippen LogP contribution is 2.15. The lowest BCUT2D eigenvalue weighted by Crippen LogP contribution is -2.37. The molecule has 0 aliphatic carbocycles. The number of aliphatic carboxylic acids is 1. The predicted octanol–water partition coefficient (Wildman–Crippen LogP) is 2.08. The van der Waals surface area contributed by atoms with E-state index in [0.717, 1.165) is 17.8 Å². The van der Waals surface area contributed by atoms with Gasteiger partial charge in [-0.2, -0.15) is 0 Å². The molecule has 4 heteroatoms. The molecule has 0 fully saturated rings. The van der Waals surface area contributed by atoms with Crippen LogP contribution in [0.15, 0.2) is 18.3 Å². The summed E-state index contributed by atoms with van der Waals surface area (Å²) in [5.74, 6) is -0.106. The molecule has 0 aromatic carbocycles. The maximum absolute atomic E-state index is 10.8. The molecule has 1 rings (SSSR count). The summed E-state index contributed by atoms with van der Waals surface area (Å²) in [7, 11) is 0. The van der Waals surface area contributed by atoms with Crippen molar-refractivity contribution in [3.63, 3.8) is 0 Å². The third kappa shape index (κ3) is 3.22. The maximum Gasteiger partial charge on any atom is 0.323 e. The van der Waals surface area contributed by atoms with E-state index in [4.69, 9.17) is 5.11 Å². The van der Waals surface area contributed by atoms with Gasteiger partial charge in [0.1, 0.15) is 12.4 Å². The van der Waals surface area contributed by atoms with E-state index >= 15 is 0 Å². The van der Waals surface area contributed by atoms with E-state index in [-0.39, 0.29) is 12.6 Å². The van der Waals surface area contributed by atoms with Gasteiger partial charge in [0.2, 0.25) is 0 Å². The van der Waals surface area contributed by atoms with Gasteiger partial charge in [0.15, 0.2) is 0 Å². The van der Waals surface area contributed by atoms with E-state index in [1.54, 1.807) is 6.20 Å². The van der Waals surface area contributed by atoms with Gasteiger partial charge in [-0.15, -0.1) is 0 Å². The Morgan fingerprint density at radius 2 is 2.25 bits per heavy atom. The molecular weight excluding hydrogens is 204 g/mol. The minimum Gasteiger partial charge on any atom is -0.480 e. The monoisotopic (exact) mass is 222 g/mol. The lowest BCUT2D eigenvalue weighted by molar-refractivity contribution is -0.135. The van der Waals surface area contributed by atoms with Crippen LogP contribution in [-0.2, 0) is 4.79 Å². The lowest BCUT2D eigenvalue weighted by atomic mass is 10.2. The highest BCUT2D eigenvalue weighted by molar-refractivity contribution is 5.73. The summed E-state index contributed by atoms with van der Waals surface area (Å²) in [6.07, 6.45) is 2.65. The maximum atomic E-state index is 10.8. The molecule has 1 heterocycles. The Kier molecular flexibility index (Phi) is 4.28. The summed E-state index contributed by atoms with van der Waals surface area (Å²) in [6, 6.07) is 3.98. The van der Waals surface area contributed by atoms with Gasteiger partial charge in [0.25, 0.3) is 0 Å². The first-order valence-electron chi connectivity index (χ1n) is 5.45. The quantitative estimate of drug-likeness (QED) is 0.828. The first-order valence-corrected chi connectivity index (χ1v) is 5.45. The lowest BCUT2D eigenvalue weighted by Gasteiger charge is -2.27. The van der Waals surface area contributed by atoms with Crippen LogP contribution in [0.1, 0.15) is 25.8 Å². The van der Waals surface area contributed by atoms with Crippen molar-refractivity contribution in [2.75, 3.05) is 11.4 Å². The molecule has 0 saturated heterocycles. The Morgan fingerprint density at radius 3 is 2.69 bits per heavy atom. The molecule has 0 bridgehead atoms. The molecule has 4 nitrogen and oxygen atoms in total. The summed E-state index contributed by atoms with van der Waals surface area (Å²) in [5, 5.41) is 8.87. The Bertz CT molecular complexity index is 349. The summed E-state index contributed by atoms with van der Waals surface area (Å²) in [6.45, 7) is 5.99. The van der Waals surface area contributed by atoms with Crippen LogP contribution in [0.4, 0.5) is 5.82 Å². The second-order valence-corrected chi connectivity index (χ2v) is 3.97. The molecule has 0 aliphatic heterocycles. The van der Waals surface area contributed by atoms with E-state index in [0.29, 0.717) is 0 Å². The minimum atomic E-state index is -0.831. The number of carboxylic acids is 1. The van der Waals surface area contributed by atoms with E-state index < -0.39 is 5.97 Å². The van der Waals surface area contributed by atoms with Gasteiger partial charge in [0.05, 0.1) is 0 Å². The highest BCUT2D eigenvalue weighted by atomic mass is 16.4. The number of aryl methyl sites for hydroxylation is 1. The Hall–Kier alpha value is -1.58. The number of pyridine rings is 1. The largest absolute Gasteiger partial charge is 0.480 e. The van der Waals surface area contributed by atoms with Crippen LogP contribution in [-0.4, -0.2) is 28.6 Å². The third-order valence-corrected chi connectivity index (χ3v) is 2.62. The van der Waals surface area contributed by atoms with Crippen molar-refractivity contribution >= 4 is 11.8 Å². The molecule has 0 aliphatic rings. The van der Waals surface area contributed by atoms with Crippen molar-refractivity contribution in [1.82, 2.24) is 4.98 Å². The van der Waals surface area contributed by atoms with Crippen LogP contribution < -0.4 is 4.90 Å². The molecule has 1 aromatic heterocycles. The molecule has 88 valence electrons. The molecule has 1 unspecified atom stereocenters. The molecule has 0 saturated carbocycles. The van der Waals surface area contributed by atoms with Crippen LogP contribution in [0.25, 0.3) is 0 Å². The van der Waals surface area contributed by atoms with Gasteiger partial charge in [-0.05, 0) is 31.9 Å². The van der Waals surface area contributed by atoms with Gasteiger partial charge in [-0.1, -0.05) is 13.0 Å². The van der Waals surface area contributed by atoms with Crippen LogP contribution in [0.2, 0.25) is 0 Å². The van der Waals surface area contributed by atoms with E-state index in [1.165, 1.54) is 0 Å². The van der Waals surface area contributed by atoms with Gasteiger partial charge in [-0.3, -0.25) is 4.79 Å². The standard InChI is InChI=1S/C12H18N2O2/c1-4-10(3)14(8-12(15)16)11-6-5-9(2)7-13-11/h5-7,10H,4,8H2,1-3H3,(H,15,16). The Balaban J connectivity index is 2.91. The smallest absolute Gasteiger partial charge is 0.323 e. The molecule has 1 aromatic rings. The van der Waals surface area contributed by atoms with Crippen molar-refractivity contribution in [2.45, 2.75) is 33.2 Å². The van der Waals surface area contributed by atoms with Crippen LogP contribution in [0, 0.1) is 6.92 Å². The van der Waals surface area contributed by atoms with Gasteiger partial charge in [-0.25, -0.2) is 4.98 Å². The van der Waals surface area contributed by atoms with E-state index in [2.05, 4.69) is 4.98 Å². The SMILES string of the molecule is CCC(C)N(CC(=O)O)c1ccc(C)cn1. The number of carboxylic acid groups (broad SMARTS) is 1. The molecule has 0 radical (unpaired) electrons. The van der Waals surface area contributed by atoms with E-state index in [9.17, 15) is 4.79 Å². The summed E-state index contributed by atoms with van der Waals surface area (Å²) in [4.78, 5) is 16.9. The number of carbonyl (C=O) groups is 1. The van der Waals surface area contributed by atoms with Crippen molar-refractivity contribution in [3.8, 4) is 0 Å². The second-order valence-electron chi connectivity index (χ2n) is 3.97. The number of anilines is 1. The topological polar surface area (TPSA) is 53.4 Å². The number of rotatable bonds is 5. The average molecular weight is 222 g/mol. The van der Waals surface area contributed by atoms with Gasteiger partial charge < -0.3 is 10.0 Å². The number of nitrogens with zero attached hydrogens (tertiary/aromatic N) is 2. The fraction of sp³-hybridized carbons (Fsp3) is 0.500. The Morgan fingerprint density at radius 1 is 1.56 bits per heavy atom. The fourth-order valence-corrected chi connectivity index (χ4v) is 1.46. The molecule has 1 atom stereocenters. The van der Waals surface area contributed by atoms with Crippen molar-refractivity contribution in [1.29, 1.82) is 0 Å². The van der Waals surface area contributed by atoms with Crippen molar-refractivity contribution in [3.05, 3.63) is 23.9 Å². The molecule has 1 N–H and O–H groups in total. The zero-order valence-corrected chi connectivity index (χ0v) is 9.97. The fourth-order valence-electron chi connectivity index (χ4n) is 1.46. The molecular formula is C12H18N2O2. The number of aromatic nitrogens is 1. The van der Waals surface area contributed by atoms with E-state index in [1.807, 2.05) is 37.8 Å². The Labute approximate surface area is 95.9 Å². The number of hydrogen-bond donors (Lipinski definition) is 1. The highest BCUT2D eigenvalue weighted by Gasteiger charge is 2.16. The average Bonchev–Trinajstić information content (AvgIpc) is 2.26. The van der Waals surface area contributed by atoms with Crippen LogP contribution in [0.3, 0.4) is 0 Å². The molecule has 16 heavy (non-hydrogen) atoms. The van der Waals surface area contributed by atoms with Gasteiger partial charge >= 0.3 is 5.97 Å². The second kappa shape index (κ2) is 5.49.